The van der Waals surface area contributed by atoms with E-state index in [9.17, 15) is 13.6 Å². The van der Waals surface area contributed by atoms with Gasteiger partial charge >= 0.3 is 6.29 Å². The van der Waals surface area contributed by atoms with Gasteiger partial charge in [-0.25, -0.2) is 4.98 Å². The Morgan fingerprint density at radius 3 is 2.84 bits per heavy atom. The van der Waals surface area contributed by atoms with Crippen molar-refractivity contribution >= 4 is 34.4 Å². The van der Waals surface area contributed by atoms with Crippen LogP contribution in [0.4, 0.5) is 14.5 Å². The summed E-state index contributed by atoms with van der Waals surface area (Å²) < 4.78 is 34.6. The molecule has 0 atom stereocenters. The Hall–Kier alpha value is -2.81. The Balaban J connectivity index is 1.38. The number of nitrogens with zero attached hydrogens (tertiary/aromatic N) is 1. The number of para-hydroxylation sites is 2. The van der Waals surface area contributed by atoms with Crippen LogP contribution in [-0.2, 0) is 4.79 Å². The van der Waals surface area contributed by atoms with E-state index in [4.69, 9.17) is 0 Å². The quantitative estimate of drug-likeness (QED) is 0.693. The molecule has 0 saturated heterocycles. The minimum Gasteiger partial charge on any atom is -0.395 e. The van der Waals surface area contributed by atoms with Crippen LogP contribution in [0.2, 0.25) is 0 Å². The predicted molar refractivity (Wildman–Crippen MR) is 88.1 cm³/mol. The van der Waals surface area contributed by atoms with Crippen LogP contribution in [0.3, 0.4) is 0 Å². The van der Waals surface area contributed by atoms with E-state index < -0.39 is 6.29 Å². The maximum absolute atomic E-state index is 13.0. The summed E-state index contributed by atoms with van der Waals surface area (Å²) >= 11 is 1.24. The molecule has 2 N–H and O–H groups in total. The molecular weight excluding hydrogens is 352 g/mol. The molecule has 0 aliphatic carbocycles. The molecule has 6 nitrogen and oxygen atoms in total. The van der Waals surface area contributed by atoms with Crippen LogP contribution in [0.1, 0.15) is 0 Å². The molecule has 1 amide bonds. The van der Waals surface area contributed by atoms with Gasteiger partial charge in [0, 0.05) is 11.8 Å². The molecule has 0 spiro atoms. The molecule has 1 aliphatic heterocycles. The average molecular weight is 363 g/mol. The fourth-order valence-corrected chi connectivity index (χ4v) is 3.04. The van der Waals surface area contributed by atoms with Gasteiger partial charge in [-0.3, -0.25) is 4.79 Å². The number of imidazole rings is 1. The Bertz CT molecular complexity index is 928. The summed E-state index contributed by atoms with van der Waals surface area (Å²) in [6.45, 7) is 0. The highest BCUT2D eigenvalue weighted by Crippen LogP contribution is 2.42. The minimum absolute atomic E-state index is 0.0698. The Morgan fingerprint density at radius 2 is 2.00 bits per heavy atom. The van der Waals surface area contributed by atoms with Crippen LogP contribution >= 0.6 is 11.8 Å². The third-order valence-corrected chi connectivity index (χ3v) is 4.27. The maximum atomic E-state index is 13.0. The van der Waals surface area contributed by atoms with Crippen LogP contribution < -0.4 is 14.8 Å². The molecule has 0 bridgehead atoms. The SMILES string of the molecule is O=C(CSc1nc2ccccc2[nH]1)Nc1ccc2c(c1)OC(F)(F)O2. The number of aromatic amines is 1. The highest BCUT2D eigenvalue weighted by atomic mass is 32.2. The Kier molecular flexibility index (Phi) is 3.72. The van der Waals surface area contributed by atoms with E-state index in [2.05, 4.69) is 24.8 Å². The van der Waals surface area contributed by atoms with Gasteiger partial charge in [0.1, 0.15) is 0 Å². The van der Waals surface area contributed by atoms with Gasteiger partial charge in [-0.2, -0.15) is 0 Å². The first-order chi connectivity index (χ1) is 12.0. The summed E-state index contributed by atoms with van der Waals surface area (Å²) in [6, 6.07) is 11.6. The molecule has 2 heterocycles. The van der Waals surface area contributed by atoms with Crippen molar-refractivity contribution in [2.75, 3.05) is 11.1 Å². The van der Waals surface area contributed by atoms with Crippen molar-refractivity contribution in [3.63, 3.8) is 0 Å². The second-order valence-corrected chi connectivity index (χ2v) is 6.19. The number of aromatic nitrogens is 2. The number of anilines is 1. The summed E-state index contributed by atoms with van der Waals surface area (Å²) in [7, 11) is 0. The van der Waals surface area contributed by atoms with Crippen LogP contribution in [0.15, 0.2) is 47.6 Å². The lowest BCUT2D eigenvalue weighted by atomic mass is 10.3. The Labute approximate surface area is 144 Å². The molecule has 1 aromatic heterocycles. The van der Waals surface area contributed by atoms with E-state index in [0.717, 1.165) is 11.0 Å². The third-order valence-electron chi connectivity index (χ3n) is 3.39. The molecule has 4 rings (SSSR count). The topological polar surface area (TPSA) is 76.2 Å². The van der Waals surface area contributed by atoms with Crippen molar-refractivity contribution in [2.45, 2.75) is 11.5 Å². The van der Waals surface area contributed by atoms with Gasteiger partial charge in [-0.1, -0.05) is 23.9 Å². The number of rotatable bonds is 4. The van der Waals surface area contributed by atoms with Gasteiger partial charge in [0.15, 0.2) is 16.7 Å². The molecule has 0 unspecified atom stereocenters. The van der Waals surface area contributed by atoms with Crippen molar-refractivity contribution in [1.82, 2.24) is 9.97 Å². The molecule has 9 heteroatoms. The van der Waals surface area contributed by atoms with E-state index in [1.165, 1.54) is 30.0 Å². The average Bonchev–Trinajstić information content (AvgIpc) is 3.11. The smallest absolute Gasteiger partial charge is 0.395 e. The van der Waals surface area contributed by atoms with Crippen molar-refractivity contribution in [1.29, 1.82) is 0 Å². The molecule has 0 fully saturated rings. The van der Waals surface area contributed by atoms with Crippen molar-refractivity contribution in [2.24, 2.45) is 0 Å². The summed E-state index contributed by atoms with van der Waals surface area (Å²) in [5.74, 6) is -0.367. The number of thioether (sulfide) groups is 1. The fourth-order valence-electron chi connectivity index (χ4n) is 2.36. The highest BCUT2D eigenvalue weighted by Gasteiger charge is 2.43. The molecule has 0 radical (unpaired) electrons. The number of hydrogen-bond acceptors (Lipinski definition) is 5. The number of amides is 1. The van der Waals surface area contributed by atoms with Gasteiger partial charge in [0.05, 0.1) is 16.8 Å². The third kappa shape index (κ3) is 3.36. The molecule has 2 aromatic carbocycles. The zero-order valence-electron chi connectivity index (χ0n) is 12.6. The first-order valence-corrected chi connectivity index (χ1v) is 8.24. The lowest BCUT2D eigenvalue weighted by Gasteiger charge is -2.05. The first kappa shape index (κ1) is 15.7. The number of benzene rings is 2. The second kappa shape index (κ2) is 5.92. The van der Waals surface area contributed by atoms with Crippen molar-refractivity contribution in [3.05, 3.63) is 42.5 Å². The number of carbonyl (C=O) groups is 1. The van der Waals surface area contributed by atoms with Gasteiger partial charge in [-0.05, 0) is 24.3 Å². The number of nitrogens with one attached hydrogen (secondary N) is 2. The van der Waals surface area contributed by atoms with E-state index in [1.807, 2.05) is 24.3 Å². The predicted octanol–water partition coefficient (Wildman–Crippen LogP) is 3.62. The van der Waals surface area contributed by atoms with E-state index in [0.29, 0.717) is 10.8 Å². The van der Waals surface area contributed by atoms with E-state index in [1.54, 1.807) is 0 Å². The van der Waals surface area contributed by atoms with Crippen LogP contribution in [-0.4, -0.2) is 27.9 Å². The molecular formula is C16H11F2N3O3S. The zero-order valence-corrected chi connectivity index (χ0v) is 13.4. The van der Waals surface area contributed by atoms with E-state index in [-0.39, 0.29) is 23.2 Å². The monoisotopic (exact) mass is 363 g/mol. The molecule has 25 heavy (non-hydrogen) atoms. The lowest BCUT2D eigenvalue weighted by Crippen LogP contribution is -2.25. The number of hydrogen-bond donors (Lipinski definition) is 2. The minimum atomic E-state index is -3.68. The fraction of sp³-hybridized carbons (Fsp3) is 0.125. The van der Waals surface area contributed by atoms with Gasteiger partial charge in [0.2, 0.25) is 5.91 Å². The van der Waals surface area contributed by atoms with Crippen molar-refractivity contribution < 1.29 is 23.0 Å². The number of H-pyrrole nitrogens is 1. The van der Waals surface area contributed by atoms with Gasteiger partial charge < -0.3 is 19.8 Å². The van der Waals surface area contributed by atoms with Crippen LogP contribution in [0.5, 0.6) is 11.5 Å². The molecule has 128 valence electrons. The second-order valence-electron chi connectivity index (χ2n) is 5.22. The Morgan fingerprint density at radius 1 is 1.20 bits per heavy atom. The van der Waals surface area contributed by atoms with Crippen LogP contribution in [0.25, 0.3) is 11.0 Å². The number of alkyl halides is 2. The number of halogens is 2. The summed E-state index contributed by atoms with van der Waals surface area (Å²) in [5, 5.41) is 3.25. The summed E-state index contributed by atoms with van der Waals surface area (Å²) in [5.41, 5.74) is 2.06. The number of ether oxygens (including phenoxy) is 2. The summed E-state index contributed by atoms with van der Waals surface area (Å²) in [4.78, 5) is 19.5. The highest BCUT2D eigenvalue weighted by molar-refractivity contribution is 7.99. The van der Waals surface area contributed by atoms with Crippen molar-refractivity contribution in [3.8, 4) is 11.5 Å². The lowest BCUT2D eigenvalue weighted by molar-refractivity contribution is -0.286. The molecule has 1 aliphatic rings. The molecule has 0 saturated carbocycles. The first-order valence-electron chi connectivity index (χ1n) is 7.26. The zero-order chi connectivity index (χ0) is 17.4. The van der Waals surface area contributed by atoms with E-state index >= 15 is 0 Å². The van der Waals surface area contributed by atoms with Gasteiger partial charge in [0.25, 0.3) is 0 Å². The number of carbonyl (C=O) groups excluding carboxylic acids is 1. The molecule has 3 aromatic rings. The van der Waals surface area contributed by atoms with Gasteiger partial charge in [-0.15, -0.1) is 8.78 Å². The standard InChI is InChI=1S/C16H11F2N3O3S/c17-16(18)23-12-6-5-9(7-13(12)24-16)19-14(22)8-25-15-20-10-3-1-2-4-11(10)21-15/h1-7H,8H2,(H,19,22)(H,20,21). The largest absolute Gasteiger partial charge is 0.586 e. The maximum Gasteiger partial charge on any atom is 0.586 e. The normalized spacial score (nSPS) is 14.6. The van der Waals surface area contributed by atoms with Crippen LogP contribution in [0, 0.1) is 0 Å². The summed E-state index contributed by atoms with van der Waals surface area (Å²) in [6.07, 6.45) is -3.68. The number of fused-ring (bicyclic) bond motifs is 2.